The topological polar surface area (TPSA) is 69.7 Å². The summed E-state index contributed by atoms with van der Waals surface area (Å²) in [5.74, 6) is 0.504. The third kappa shape index (κ3) is 3.98. The van der Waals surface area contributed by atoms with Gasteiger partial charge in [0.05, 0.1) is 25.3 Å². The van der Waals surface area contributed by atoms with Crippen molar-refractivity contribution in [2.24, 2.45) is 0 Å². The maximum Gasteiger partial charge on any atom is 0.249 e. The third-order valence-corrected chi connectivity index (χ3v) is 9.91. The highest BCUT2D eigenvalue weighted by molar-refractivity contribution is 8.01. The van der Waals surface area contributed by atoms with E-state index in [0.717, 1.165) is 21.5 Å². The van der Waals surface area contributed by atoms with Crippen LogP contribution in [0.2, 0.25) is 0 Å². The zero-order valence-corrected chi connectivity index (χ0v) is 22.9. The van der Waals surface area contributed by atoms with Gasteiger partial charge in [0.15, 0.2) is 0 Å². The quantitative estimate of drug-likeness (QED) is 0.192. The Labute approximate surface area is 231 Å². The molecule has 0 spiro atoms. The van der Waals surface area contributed by atoms with Crippen LogP contribution in [0.15, 0.2) is 115 Å². The van der Waals surface area contributed by atoms with Gasteiger partial charge in [-0.1, -0.05) is 91.0 Å². The fourth-order valence-corrected chi connectivity index (χ4v) is 7.65. The molecule has 0 unspecified atom stereocenters. The van der Waals surface area contributed by atoms with Crippen LogP contribution >= 0.6 is 7.14 Å². The second-order valence-corrected chi connectivity index (χ2v) is 12.0. The average molecular weight is 545 g/mol. The van der Waals surface area contributed by atoms with Crippen molar-refractivity contribution in [3.8, 4) is 11.5 Å². The molecule has 0 aliphatic carbocycles. The third-order valence-electron chi connectivity index (χ3n) is 7.32. The number of benzene rings is 6. The number of carbonyl (C=O) groups excluding carboxylic acids is 2. The van der Waals surface area contributed by atoms with Gasteiger partial charge in [-0.3, -0.25) is 9.59 Å². The summed E-state index contributed by atoms with van der Waals surface area (Å²) < 4.78 is 26.7. The Balaban J connectivity index is 1.69. The molecular formula is C34H25O5P. The Morgan fingerprint density at radius 3 is 1.45 bits per heavy atom. The molecule has 0 N–H and O–H groups in total. The van der Waals surface area contributed by atoms with E-state index < -0.39 is 18.2 Å². The molecule has 6 aromatic rings. The minimum absolute atomic E-state index is 0.115. The molecule has 0 bridgehead atoms. The van der Waals surface area contributed by atoms with Crippen LogP contribution in [-0.4, -0.2) is 25.3 Å². The van der Waals surface area contributed by atoms with Gasteiger partial charge < -0.3 is 14.0 Å². The number of rotatable bonds is 7. The molecule has 0 aliphatic heterocycles. The molecule has 0 heterocycles. The van der Waals surface area contributed by atoms with E-state index in [0.29, 0.717) is 10.8 Å². The molecule has 0 atom stereocenters. The van der Waals surface area contributed by atoms with Crippen LogP contribution in [0.25, 0.3) is 32.3 Å². The van der Waals surface area contributed by atoms with Crippen LogP contribution in [0.5, 0.6) is 11.5 Å². The number of ether oxygens (including phenoxy) is 2. The predicted molar refractivity (Wildman–Crippen MR) is 161 cm³/mol. The smallest absolute Gasteiger partial charge is 0.249 e. The maximum absolute atomic E-state index is 15.5. The number of hydrogen-bond acceptors (Lipinski definition) is 5. The van der Waals surface area contributed by atoms with Crippen molar-refractivity contribution in [3.05, 3.63) is 126 Å². The van der Waals surface area contributed by atoms with E-state index in [1.165, 1.54) is 14.2 Å². The first kappa shape index (κ1) is 25.5. The van der Waals surface area contributed by atoms with Crippen LogP contribution in [0.3, 0.4) is 0 Å². The summed E-state index contributed by atoms with van der Waals surface area (Å²) in [4.78, 5) is 29.5. The molecule has 40 heavy (non-hydrogen) atoms. The van der Waals surface area contributed by atoms with E-state index >= 15 is 4.57 Å². The normalized spacial score (nSPS) is 11.6. The lowest BCUT2D eigenvalue weighted by atomic mass is 10.0. The van der Waals surface area contributed by atoms with Crippen molar-refractivity contribution in [1.82, 2.24) is 0 Å². The van der Waals surface area contributed by atoms with Crippen molar-refractivity contribution in [1.29, 1.82) is 0 Å². The molecule has 0 aromatic heterocycles. The van der Waals surface area contributed by atoms with E-state index in [1.807, 2.05) is 60.7 Å². The van der Waals surface area contributed by atoms with Gasteiger partial charge in [0.1, 0.15) is 11.5 Å². The van der Waals surface area contributed by atoms with Crippen molar-refractivity contribution in [2.75, 3.05) is 14.2 Å². The van der Waals surface area contributed by atoms with Crippen LogP contribution in [-0.2, 0) is 4.57 Å². The van der Waals surface area contributed by atoms with Crippen molar-refractivity contribution in [2.45, 2.75) is 0 Å². The summed E-state index contributed by atoms with van der Waals surface area (Å²) in [6.07, 6.45) is 0. The molecule has 0 saturated carbocycles. The van der Waals surface area contributed by atoms with Gasteiger partial charge in [0, 0.05) is 5.30 Å². The molecule has 5 nitrogen and oxygen atoms in total. The highest BCUT2D eigenvalue weighted by atomic mass is 31.2. The molecule has 0 aliphatic rings. The highest BCUT2D eigenvalue weighted by Gasteiger charge is 2.46. The Hall–Kier alpha value is -4.73. The maximum atomic E-state index is 15.5. The van der Waals surface area contributed by atoms with Crippen LogP contribution in [0, 0.1) is 0 Å². The lowest BCUT2D eigenvalue weighted by Gasteiger charge is -2.21. The zero-order chi connectivity index (χ0) is 27.9. The lowest BCUT2D eigenvalue weighted by molar-refractivity contribution is 0.104. The van der Waals surface area contributed by atoms with E-state index in [4.69, 9.17) is 9.47 Å². The zero-order valence-electron chi connectivity index (χ0n) is 22.0. The molecule has 0 amide bonds. The van der Waals surface area contributed by atoms with Crippen molar-refractivity contribution in [3.63, 3.8) is 0 Å². The van der Waals surface area contributed by atoms with Gasteiger partial charge >= 0.3 is 0 Å². The second-order valence-electron chi connectivity index (χ2n) is 9.48. The SMILES string of the molecule is COc1ccc2ccccc2c1C(=O)P(=O)(C(=O)c1c(OC)ccc2ccccc12)c1ccc2ccccc2c1. The number of methoxy groups -OCH3 is 2. The number of fused-ring (bicyclic) bond motifs is 3. The minimum Gasteiger partial charge on any atom is -0.496 e. The molecule has 0 fully saturated rings. The van der Waals surface area contributed by atoms with Crippen LogP contribution in [0.1, 0.15) is 20.7 Å². The fourth-order valence-electron chi connectivity index (χ4n) is 5.30. The minimum atomic E-state index is -4.53. The van der Waals surface area contributed by atoms with Gasteiger partial charge in [-0.2, -0.15) is 0 Å². The van der Waals surface area contributed by atoms with E-state index in [9.17, 15) is 9.59 Å². The molecule has 0 saturated heterocycles. The van der Waals surface area contributed by atoms with Crippen molar-refractivity contribution < 1.29 is 23.6 Å². The van der Waals surface area contributed by atoms with Gasteiger partial charge in [-0.25, -0.2) is 0 Å². The lowest BCUT2D eigenvalue weighted by Crippen LogP contribution is -2.22. The Morgan fingerprint density at radius 1 is 0.525 bits per heavy atom. The molecule has 0 radical (unpaired) electrons. The van der Waals surface area contributed by atoms with Gasteiger partial charge in [-0.15, -0.1) is 0 Å². The summed E-state index contributed by atoms with van der Waals surface area (Å²) in [6, 6.07) is 34.3. The second kappa shape index (κ2) is 10.1. The summed E-state index contributed by atoms with van der Waals surface area (Å²) in [5.41, 5.74) is -1.33. The summed E-state index contributed by atoms with van der Waals surface area (Å²) in [5, 5.41) is 4.50. The summed E-state index contributed by atoms with van der Waals surface area (Å²) in [6.45, 7) is 0. The molecule has 6 rings (SSSR count). The summed E-state index contributed by atoms with van der Waals surface area (Å²) >= 11 is 0. The first-order valence-corrected chi connectivity index (χ1v) is 14.5. The molecule has 196 valence electrons. The molecule has 6 aromatic carbocycles. The fraction of sp³-hybridized carbons (Fsp3) is 0.0588. The van der Waals surface area contributed by atoms with Gasteiger partial charge in [-0.05, 0) is 56.6 Å². The Morgan fingerprint density at radius 2 is 0.950 bits per heavy atom. The highest BCUT2D eigenvalue weighted by Crippen LogP contribution is 2.55. The predicted octanol–water partition coefficient (Wildman–Crippen LogP) is 7.83. The van der Waals surface area contributed by atoms with Gasteiger partial charge in [0.25, 0.3) is 0 Å². The first-order chi connectivity index (χ1) is 19.5. The molecular weight excluding hydrogens is 519 g/mol. The summed E-state index contributed by atoms with van der Waals surface area (Å²) in [7, 11) is -1.62. The van der Waals surface area contributed by atoms with E-state index in [-0.39, 0.29) is 27.9 Å². The van der Waals surface area contributed by atoms with E-state index in [1.54, 1.807) is 54.6 Å². The van der Waals surface area contributed by atoms with Crippen LogP contribution < -0.4 is 14.8 Å². The number of carbonyl (C=O) groups is 2. The largest absolute Gasteiger partial charge is 0.496 e. The van der Waals surface area contributed by atoms with Crippen LogP contribution in [0.4, 0.5) is 0 Å². The Kier molecular flexibility index (Phi) is 6.45. The van der Waals surface area contributed by atoms with E-state index in [2.05, 4.69) is 0 Å². The average Bonchev–Trinajstić information content (AvgIpc) is 3.02. The molecule has 6 heteroatoms. The first-order valence-electron chi connectivity index (χ1n) is 12.8. The standard InChI is InChI=1S/C34H25O5P/c1-38-29-19-16-23-10-5-7-13-27(23)31(29)33(35)40(37,26-18-15-22-9-3-4-12-25(22)21-26)34(36)32-28-14-8-6-11-24(28)17-20-30(32)39-2/h3-21H,1-2H3. The van der Waals surface area contributed by atoms with Crippen molar-refractivity contribution >= 4 is 55.8 Å². The Bertz CT molecular complexity index is 1910. The monoisotopic (exact) mass is 544 g/mol. The van der Waals surface area contributed by atoms with Gasteiger partial charge in [0.2, 0.25) is 18.2 Å². The number of hydrogen-bond donors (Lipinski definition) is 0.